The predicted octanol–water partition coefficient (Wildman–Crippen LogP) is 0.607. The standard InChI is InChI=1S/C8H11N3O/c1-6-7(11-5-10-6)3-2-4-8(9)12/h2-3,5H,4H2,1H3,(H2,9,12)(H,10,11). The Morgan fingerprint density at radius 2 is 2.58 bits per heavy atom. The Labute approximate surface area is 70.5 Å². The van der Waals surface area contributed by atoms with Crippen molar-refractivity contribution in [2.75, 3.05) is 0 Å². The largest absolute Gasteiger partial charge is 0.369 e. The summed E-state index contributed by atoms with van der Waals surface area (Å²) in [7, 11) is 0. The monoisotopic (exact) mass is 165 g/mol. The van der Waals surface area contributed by atoms with Crippen LogP contribution < -0.4 is 5.73 Å². The van der Waals surface area contributed by atoms with Gasteiger partial charge in [0.25, 0.3) is 0 Å². The highest BCUT2D eigenvalue weighted by Gasteiger charge is 1.94. The third-order valence-electron chi connectivity index (χ3n) is 1.46. The normalized spacial score (nSPS) is 10.8. The Hall–Kier alpha value is -1.58. The molecule has 0 aliphatic carbocycles. The van der Waals surface area contributed by atoms with Crippen LogP contribution in [0.1, 0.15) is 17.8 Å². The number of nitrogens with one attached hydrogen (secondary N) is 1. The molecular formula is C8H11N3O. The van der Waals surface area contributed by atoms with Gasteiger partial charge in [-0.05, 0) is 13.0 Å². The van der Waals surface area contributed by atoms with Crippen molar-refractivity contribution in [3.05, 3.63) is 23.8 Å². The lowest BCUT2D eigenvalue weighted by Gasteiger charge is -1.87. The van der Waals surface area contributed by atoms with Crippen LogP contribution in [0.4, 0.5) is 0 Å². The number of nitrogens with two attached hydrogens (primary N) is 1. The first kappa shape index (κ1) is 8.52. The Morgan fingerprint density at radius 3 is 3.08 bits per heavy atom. The molecule has 0 fully saturated rings. The number of aromatic nitrogens is 2. The Balaban J connectivity index is 2.57. The van der Waals surface area contributed by atoms with Crippen LogP contribution in [0.3, 0.4) is 0 Å². The molecule has 0 unspecified atom stereocenters. The van der Waals surface area contributed by atoms with Crippen LogP contribution in [0.15, 0.2) is 12.4 Å². The van der Waals surface area contributed by atoms with E-state index in [1.165, 1.54) is 0 Å². The highest BCUT2D eigenvalue weighted by molar-refractivity contribution is 5.76. The van der Waals surface area contributed by atoms with E-state index in [0.29, 0.717) is 0 Å². The molecule has 0 saturated carbocycles. The number of hydrogen-bond acceptors (Lipinski definition) is 2. The smallest absolute Gasteiger partial charge is 0.221 e. The second-order valence-electron chi connectivity index (χ2n) is 2.49. The second kappa shape index (κ2) is 3.71. The van der Waals surface area contributed by atoms with Crippen LogP contribution in [0.5, 0.6) is 0 Å². The van der Waals surface area contributed by atoms with Gasteiger partial charge in [-0.3, -0.25) is 4.79 Å². The average molecular weight is 165 g/mol. The van der Waals surface area contributed by atoms with Gasteiger partial charge in [-0.15, -0.1) is 0 Å². The number of carbonyl (C=O) groups excluding carboxylic acids is 1. The third-order valence-corrected chi connectivity index (χ3v) is 1.46. The van der Waals surface area contributed by atoms with E-state index in [0.717, 1.165) is 11.4 Å². The van der Waals surface area contributed by atoms with Crippen LogP contribution in [0.2, 0.25) is 0 Å². The second-order valence-corrected chi connectivity index (χ2v) is 2.49. The number of rotatable bonds is 3. The summed E-state index contributed by atoms with van der Waals surface area (Å²) >= 11 is 0. The summed E-state index contributed by atoms with van der Waals surface area (Å²) in [6, 6.07) is 0. The number of carbonyl (C=O) groups is 1. The van der Waals surface area contributed by atoms with Crippen LogP contribution in [-0.4, -0.2) is 15.9 Å². The molecule has 12 heavy (non-hydrogen) atoms. The molecule has 1 aromatic heterocycles. The molecule has 1 amide bonds. The first-order chi connectivity index (χ1) is 5.70. The number of aryl methyl sites for hydroxylation is 1. The van der Waals surface area contributed by atoms with E-state index >= 15 is 0 Å². The highest BCUT2D eigenvalue weighted by Crippen LogP contribution is 2.02. The maximum absolute atomic E-state index is 10.4. The maximum atomic E-state index is 10.4. The summed E-state index contributed by atoms with van der Waals surface area (Å²) in [5.41, 5.74) is 6.78. The van der Waals surface area contributed by atoms with Gasteiger partial charge in [-0.1, -0.05) is 6.08 Å². The molecule has 1 heterocycles. The molecule has 0 radical (unpaired) electrons. The molecule has 3 N–H and O–H groups in total. The Bertz CT molecular complexity index is 301. The minimum absolute atomic E-state index is 0.256. The Kier molecular flexibility index (Phi) is 2.63. The van der Waals surface area contributed by atoms with Gasteiger partial charge in [0, 0.05) is 12.1 Å². The summed E-state index contributed by atoms with van der Waals surface area (Å²) in [4.78, 5) is 17.3. The fourth-order valence-electron chi connectivity index (χ4n) is 0.824. The van der Waals surface area contributed by atoms with E-state index in [-0.39, 0.29) is 12.3 Å². The zero-order chi connectivity index (χ0) is 8.97. The molecule has 0 spiro atoms. The molecule has 0 aromatic carbocycles. The van der Waals surface area contributed by atoms with Crippen molar-refractivity contribution in [3.8, 4) is 0 Å². The molecule has 0 atom stereocenters. The van der Waals surface area contributed by atoms with E-state index in [4.69, 9.17) is 5.73 Å². The lowest BCUT2D eigenvalue weighted by Crippen LogP contribution is -2.07. The van der Waals surface area contributed by atoms with Crippen molar-refractivity contribution in [2.45, 2.75) is 13.3 Å². The molecule has 4 nitrogen and oxygen atoms in total. The fraction of sp³-hybridized carbons (Fsp3) is 0.250. The fourth-order valence-corrected chi connectivity index (χ4v) is 0.824. The minimum Gasteiger partial charge on any atom is -0.369 e. The van der Waals surface area contributed by atoms with Gasteiger partial charge in [-0.2, -0.15) is 0 Å². The summed E-state index contributed by atoms with van der Waals surface area (Å²) in [6.45, 7) is 1.91. The first-order valence-corrected chi connectivity index (χ1v) is 3.65. The van der Waals surface area contributed by atoms with Crippen molar-refractivity contribution >= 4 is 12.0 Å². The van der Waals surface area contributed by atoms with Gasteiger partial charge in [0.1, 0.15) is 0 Å². The highest BCUT2D eigenvalue weighted by atomic mass is 16.1. The molecule has 0 saturated heterocycles. The quantitative estimate of drug-likeness (QED) is 0.688. The van der Waals surface area contributed by atoms with E-state index < -0.39 is 0 Å². The Morgan fingerprint density at radius 1 is 1.83 bits per heavy atom. The van der Waals surface area contributed by atoms with E-state index in [1.54, 1.807) is 18.5 Å². The lowest BCUT2D eigenvalue weighted by molar-refractivity contribution is -0.117. The molecule has 0 aliphatic heterocycles. The van der Waals surface area contributed by atoms with Gasteiger partial charge < -0.3 is 10.7 Å². The summed E-state index contributed by atoms with van der Waals surface area (Å²) in [6.07, 6.45) is 5.34. The van der Waals surface area contributed by atoms with E-state index in [9.17, 15) is 4.79 Å². The number of amides is 1. The van der Waals surface area contributed by atoms with Gasteiger partial charge >= 0.3 is 0 Å². The topological polar surface area (TPSA) is 71.8 Å². The number of imidazole rings is 1. The summed E-state index contributed by atoms with van der Waals surface area (Å²) in [5, 5.41) is 0. The molecule has 0 aliphatic rings. The molecule has 64 valence electrons. The third kappa shape index (κ3) is 2.23. The number of aromatic amines is 1. The zero-order valence-corrected chi connectivity index (χ0v) is 6.87. The van der Waals surface area contributed by atoms with Crippen molar-refractivity contribution < 1.29 is 4.79 Å². The average Bonchev–Trinajstić information content (AvgIpc) is 2.36. The first-order valence-electron chi connectivity index (χ1n) is 3.65. The molecule has 4 heteroatoms. The van der Waals surface area contributed by atoms with Crippen LogP contribution >= 0.6 is 0 Å². The molecule has 1 rings (SSSR count). The van der Waals surface area contributed by atoms with Gasteiger partial charge in [0.2, 0.25) is 5.91 Å². The molecule has 1 aromatic rings. The molecular weight excluding hydrogens is 154 g/mol. The molecule has 0 bridgehead atoms. The lowest BCUT2D eigenvalue weighted by atomic mass is 10.3. The van der Waals surface area contributed by atoms with Crippen LogP contribution in [0.25, 0.3) is 6.08 Å². The van der Waals surface area contributed by atoms with Crippen molar-refractivity contribution in [3.63, 3.8) is 0 Å². The minimum atomic E-state index is -0.334. The SMILES string of the molecule is Cc1[nH]cnc1C=CCC(N)=O. The number of primary amides is 1. The predicted molar refractivity (Wildman–Crippen MR) is 46.2 cm³/mol. The van der Waals surface area contributed by atoms with Gasteiger partial charge in [0.05, 0.1) is 12.0 Å². The summed E-state index contributed by atoms with van der Waals surface area (Å²) in [5.74, 6) is -0.334. The number of H-pyrrole nitrogens is 1. The van der Waals surface area contributed by atoms with E-state index in [1.807, 2.05) is 6.92 Å². The van der Waals surface area contributed by atoms with E-state index in [2.05, 4.69) is 9.97 Å². The number of nitrogens with zero attached hydrogens (tertiary/aromatic N) is 1. The van der Waals surface area contributed by atoms with Crippen LogP contribution in [0, 0.1) is 6.92 Å². The van der Waals surface area contributed by atoms with Crippen molar-refractivity contribution in [1.29, 1.82) is 0 Å². The van der Waals surface area contributed by atoms with Crippen molar-refractivity contribution in [1.82, 2.24) is 9.97 Å². The van der Waals surface area contributed by atoms with Gasteiger partial charge in [-0.25, -0.2) is 4.98 Å². The van der Waals surface area contributed by atoms with Gasteiger partial charge in [0.15, 0.2) is 0 Å². The maximum Gasteiger partial charge on any atom is 0.221 e. The van der Waals surface area contributed by atoms with Crippen LogP contribution in [-0.2, 0) is 4.79 Å². The zero-order valence-electron chi connectivity index (χ0n) is 6.87. The number of hydrogen-bond donors (Lipinski definition) is 2. The van der Waals surface area contributed by atoms with Crippen molar-refractivity contribution in [2.24, 2.45) is 5.73 Å². The summed E-state index contributed by atoms with van der Waals surface area (Å²) < 4.78 is 0.